The van der Waals surface area contributed by atoms with Crippen LogP contribution in [-0.4, -0.2) is 39.7 Å². The van der Waals surface area contributed by atoms with Gasteiger partial charge in [-0.05, 0) is 79.2 Å². The zero-order chi connectivity index (χ0) is 29.9. The molecule has 2 saturated heterocycles. The van der Waals surface area contributed by atoms with E-state index in [9.17, 15) is 19.2 Å². The number of carbonyl (C=O) groups excluding carboxylic acids is 4. The molecule has 0 bridgehead atoms. The quantitative estimate of drug-likeness (QED) is 0.275. The first-order chi connectivity index (χ1) is 19.4. The van der Waals surface area contributed by atoms with E-state index in [-0.39, 0.29) is 29.0 Å². The minimum Gasteiger partial charge on any atom is -0.356 e. The lowest BCUT2D eigenvalue weighted by molar-refractivity contribution is -0.147. The third kappa shape index (κ3) is 4.43. The van der Waals surface area contributed by atoms with Gasteiger partial charge in [-0.3, -0.25) is 29.0 Å². The van der Waals surface area contributed by atoms with Crippen molar-refractivity contribution in [3.05, 3.63) is 54.1 Å². The van der Waals surface area contributed by atoms with Gasteiger partial charge in [0.2, 0.25) is 23.6 Å². The Labute approximate surface area is 245 Å². The van der Waals surface area contributed by atoms with Gasteiger partial charge in [0, 0.05) is 16.9 Å². The summed E-state index contributed by atoms with van der Waals surface area (Å²) in [6, 6.07) is 15.6. The highest BCUT2D eigenvalue weighted by atomic mass is 31.0. The highest BCUT2D eigenvalue weighted by Gasteiger charge is 2.74. The second-order valence-electron chi connectivity index (χ2n) is 12.5. The Kier molecular flexibility index (Phi) is 7.65. The first-order valence-electron chi connectivity index (χ1n) is 14.9. The number of fused-ring (bicyclic) bond motifs is 4. The van der Waals surface area contributed by atoms with Crippen molar-refractivity contribution in [3.63, 3.8) is 0 Å². The SMILES string of the molecule is CCCC(C)(CC)N1C(=O)C2C3C(=O)N(c4ccc(Nc5ccc(C(C)(CC)C(C)P)cc5)cc4)C(=O)C3C2C1=O. The Balaban J connectivity index is 1.30. The van der Waals surface area contributed by atoms with Crippen LogP contribution in [0.4, 0.5) is 17.1 Å². The van der Waals surface area contributed by atoms with Crippen molar-refractivity contribution in [2.24, 2.45) is 23.7 Å². The van der Waals surface area contributed by atoms with E-state index in [4.69, 9.17) is 0 Å². The first kappa shape index (κ1) is 29.4. The molecule has 1 saturated carbocycles. The second-order valence-corrected chi connectivity index (χ2v) is 13.5. The van der Waals surface area contributed by atoms with Crippen LogP contribution in [0.5, 0.6) is 0 Å². The molecule has 7 nitrogen and oxygen atoms in total. The average Bonchev–Trinajstić information content (AvgIpc) is 3.27. The summed E-state index contributed by atoms with van der Waals surface area (Å²) in [6.07, 6.45) is 3.21. The minimum atomic E-state index is -0.758. The Morgan fingerprint density at radius 2 is 1.22 bits per heavy atom. The van der Waals surface area contributed by atoms with Gasteiger partial charge < -0.3 is 5.32 Å². The van der Waals surface area contributed by atoms with Gasteiger partial charge in [0.05, 0.1) is 29.4 Å². The molecular weight excluding hydrogens is 533 g/mol. The normalized spacial score (nSPS) is 27.2. The number of rotatable bonds is 10. The molecule has 8 atom stereocenters. The van der Waals surface area contributed by atoms with Crippen molar-refractivity contribution in [1.82, 2.24) is 4.90 Å². The molecule has 8 unspecified atom stereocenters. The maximum Gasteiger partial charge on any atom is 0.238 e. The number of carbonyl (C=O) groups is 4. The smallest absolute Gasteiger partial charge is 0.238 e. The summed E-state index contributed by atoms with van der Waals surface area (Å²) in [5.41, 5.74) is 3.45. The molecule has 41 heavy (non-hydrogen) atoms. The predicted molar refractivity (Wildman–Crippen MR) is 165 cm³/mol. The van der Waals surface area contributed by atoms with Gasteiger partial charge in [0.1, 0.15) is 0 Å². The van der Waals surface area contributed by atoms with Gasteiger partial charge in [0.25, 0.3) is 0 Å². The molecule has 0 radical (unpaired) electrons. The van der Waals surface area contributed by atoms with E-state index in [0.717, 1.165) is 24.2 Å². The molecule has 2 aromatic rings. The third-order valence-corrected chi connectivity index (χ3v) is 11.1. The lowest BCUT2D eigenvalue weighted by atomic mass is 9.59. The van der Waals surface area contributed by atoms with E-state index in [1.807, 2.05) is 32.9 Å². The summed E-state index contributed by atoms with van der Waals surface area (Å²) in [5, 5.41) is 3.39. The summed E-state index contributed by atoms with van der Waals surface area (Å²) >= 11 is 0. The number of nitrogens with zero attached hydrogens (tertiary/aromatic N) is 2. The number of hydrogen-bond acceptors (Lipinski definition) is 5. The lowest BCUT2D eigenvalue weighted by Crippen LogP contribution is -2.50. The molecule has 2 heterocycles. The Hall–Kier alpha value is -3.05. The summed E-state index contributed by atoms with van der Waals surface area (Å²) in [4.78, 5) is 56.5. The second kappa shape index (κ2) is 10.7. The van der Waals surface area contributed by atoms with Crippen molar-refractivity contribution in [3.8, 4) is 0 Å². The van der Waals surface area contributed by atoms with E-state index in [1.165, 1.54) is 15.4 Å². The van der Waals surface area contributed by atoms with E-state index in [1.54, 1.807) is 12.1 Å². The van der Waals surface area contributed by atoms with Crippen LogP contribution in [0, 0.1) is 23.7 Å². The number of benzene rings is 2. The van der Waals surface area contributed by atoms with Gasteiger partial charge in [-0.15, -0.1) is 9.24 Å². The topological polar surface area (TPSA) is 86.8 Å². The predicted octanol–water partition coefficient (Wildman–Crippen LogP) is 6.05. The molecule has 0 aromatic heterocycles. The molecule has 4 amide bonds. The Morgan fingerprint density at radius 3 is 1.63 bits per heavy atom. The Morgan fingerprint density at radius 1 is 0.756 bits per heavy atom. The van der Waals surface area contributed by atoms with Crippen molar-refractivity contribution in [1.29, 1.82) is 0 Å². The first-order valence-corrected chi connectivity index (χ1v) is 15.6. The molecule has 8 heteroatoms. The minimum absolute atomic E-state index is 0.0796. The molecule has 3 fully saturated rings. The summed E-state index contributed by atoms with van der Waals surface area (Å²) in [7, 11) is 2.92. The zero-order valence-corrected chi connectivity index (χ0v) is 26.1. The third-order valence-electron chi connectivity index (χ3n) is 10.4. The maximum absolute atomic E-state index is 13.5. The highest BCUT2D eigenvalue weighted by molar-refractivity contribution is 7.17. The van der Waals surface area contributed by atoms with Crippen LogP contribution in [0.2, 0.25) is 0 Å². The monoisotopic (exact) mass is 575 g/mol. The van der Waals surface area contributed by atoms with Crippen LogP contribution in [-0.2, 0) is 24.6 Å². The molecule has 1 N–H and O–H groups in total. The largest absolute Gasteiger partial charge is 0.356 e. The summed E-state index contributed by atoms with van der Waals surface area (Å²) in [5.74, 6) is -4.32. The van der Waals surface area contributed by atoms with E-state index in [0.29, 0.717) is 24.2 Å². The van der Waals surface area contributed by atoms with Gasteiger partial charge >= 0.3 is 0 Å². The molecule has 5 rings (SSSR count). The molecule has 2 aliphatic heterocycles. The van der Waals surface area contributed by atoms with Crippen molar-refractivity contribution >= 4 is 49.9 Å². The van der Waals surface area contributed by atoms with Gasteiger partial charge in [-0.1, -0.05) is 53.2 Å². The van der Waals surface area contributed by atoms with E-state index in [2.05, 4.69) is 59.6 Å². The molecular formula is C33H42N3O4P. The van der Waals surface area contributed by atoms with Crippen LogP contribution in [0.3, 0.4) is 0 Å². The van der Waals surface area contributed by atoms with Crippen LogP contribution < -0.4 is 10.2 Å². The highest BCUT2D eigenvalue weighted by Crippen LogP contribution is 2.58. The van der Waals surface area contributed by atoms with Crippen LogP contribution in [0.15, 0.2) is 48.5 Å². The molecule has 3 aliphatic rings. The number of amides is 4. The fraction of sp³-hybridized carbons (Fsp3) is 0.515. The Bertz CT molecular complexity index is 1330. The lowest BCUT2D eigenvalue weighted by Gasteiger charge is -2.37. The van der Waals surface area contributed by atoms with Gasteiger partial charge in [-0.25, -0.2) is 0 Å². The molecule has 0 spiro atoms. The number of imide groups is 2. The van der Waals surface area contributed by atoms with Crippen LogP contribution in [0.1, 0.15) is 72.8 Å². The number of nitrogens with one attached hydrogen (secondary N) is 1. The average molecular weight is 576 g/mol. The fourth-order valence-electron chi connectivity index (χ4n) is 7.15. The maximum atomic E-state index is 13.5. The number of likely N-dealkylation sites (tertiary alicyclic amines) is 1. The van der Waals surface area contributed by atoms with Gasteiger partial charge in [-0.2, -0.15) is 0 Å². The summed E-state index contributed by atoms with van der Waals surface area (Å²) < 4.78 is 0. The van der Waals surface area contributed by atoms with Crippen molar-refractivity contribution in [2.45, 2.75) is 83.8 Å². The standard InChI is InChI=1S/C33H42N3O4P/c1-7-18-32(5,8-2)36-30(39)26-24-25(27(26)31(36)40)29(38)35(28(24)37)23-16-14-22(15-17-23)34-21-12-10-20(11-13-21)33(6,9-3)19(4)41/h10-17,19,24-27,34H,7-9,18,41H2,1-6H3. The van der Waals surface area contributed by atoms with Crippen LogP contribution in [0.25, 0.3) is 0 Å². The number of hydrogen-bond donors (Lipinski definition) is 1. The van der Waals surface area contributed by atoms with Gasteiger partial charge in [0.15, 0.2) is 0 Å². The molecule has 218 valence electrons. The van der Waals surface area contributed by atoms with Crippen molar-refractivity contribution < 1.29 is 19.2 Å². The van der Waals surface area contributed by atoms with Crippen molar-refractivity contribution in [2.75, 3.05) is 10.2 Å². The van der Waals surface area contributed by atoms with Crippen LogP contribution >= 0.6 is 9.24 Å². The zero-order valence-electron chi connectivity index (χ0n) is 24.9. The fourth-order valence-corrected chi connectivity index (χ4v) is 7.57. The summed E-state index contributed by atoms with van der Waals surface area (Å²) in [6.45, 7) is 12.6. The number of anilines is 3. The molecule has 2 aromatic carbocycles. The van der Waals surface area contributed by atoms with E-state index >= 15 is 0 Å². The van der Waals surface area contributed by atoms with E-state index < -0.39 is 29.2 Å². The molecule has 1 aliphatic carbocycles.